The topological polar surface area (TPSA) is 76.5 Å². The van der Waals surface area contributed by atoms with Crippen molar-refractivity contribution in [3.8, 4) is 5.88 Å². The second kappa shape index (κ2) is 8.35. The number of ether oxygens (including phenoxy) is 1. The number of carbonyl (C=O) groups excluding carboxylic acids is 1. The molecule has 0 saturated carbocycles. The van der Waals surface area contributed by atoms with Gasteiger partial charge in [0.2, 0.25) is 11.8 Å². The number of amides is 1. The third-order valence-electron chi connectivity index (χ3n) is 4.84. The Morgan fingerprint density at radius 3 is 2.81 bits per heavy atom. The van der Waals surface area contributed by atoms with Crippen LogP contribution in [0.1, 0.15) is 18.1 Å². The van der Waals surface area contributed by atoms with Crippen molar-refractivity contribution in [2.45, 2.75) is 20.1 Å². The summed E-state index contributed by atoms with van der Waals surface area (Å²) in [6.07, 6.45) is 1.28. The van der Waals surface area contributed by atoms with E-state index in [2.05, 4.69) is 10.3 Å². The van der Waals surface area contributed by atoms with Crippen LogP contribution in [0, 0.1) is 11.6 Å². The van der Waals surface area contributed by atoms with E-state index in [-0.39, 0.29) is 35.5 Å². The highest BCUT2D eigenvalue weighted by molar-refractivity contribution is 6.31. The van der Waals surface area contributed by atoms with Crippen LogP contribution in [0.25, 0.3) is 0 Å². The molecule has 2 aromatic carbocycles. The molecule has 7 nitrogen and oxygen atoms in total. The zero-order chi connectivity index (χ0) is 22.1. The SMILES string of the molecule is CC(=O)N1CNc2ccc(Cn3cnc(OCc4ccc(F)cc4F)c(Cl)c3=O)cc21. The van der Waals surface area contributed by atoms with Gasteiger partial charge in [0.05, 0.1) is 24.6 Å². The van der Waals surface area contributed by atoms with E-state index in [9.17, 15) is 18.4 Å². The maximum atomic E-state index is 13.7. The van der Waals surface area contributed by atoms with E-state index in [1.165, 1.54) is 23.9 Å². The molecule has 0 fully saturated rings. The molecule has 0 radical (unpaired) electrons. The number of anilines is 2. The van der Waals surface area contributed by atoms with Crippen molar-refractivity contribution in [2.75, 3.05) is 16.9 Å². The summed E-state index contributed by atoms with van der Waals surface area (Å²) in [4.78, 5) is 30.0. The molecule has 0 spiro atoms. The normalized spacial score (nSPS) is 12.5. The molecule has 1 aromatic heterocycles. The van der Waals surface area contributed by atoms with Gasteiger partial charge in [0.25, 0.3) is 5.56 Å². The zero-order valence-electron chi connectivity index (χ0n) is 16.4. The van der Waals surface area contributed by atoms with Crippen LogP contribution >= 0.6 is 11.6 Å². The lowest BCUT2D eigenvalue weighted by Gasteiger charge is -2.14. The van der Waals surface area contributed by atoms with Gasteiger partial charge in [-0.25, -0.2) is 13.8 Å². The summed E-state index contributed by atoms with van der Waals surface area (Å²) >= 11 is 6.12. The number of hydrogen-bond donors (Lipinski definition) is 1. The summed E-state index contributed by atoms with van der Waals surface area (Å²) in [7, 11) is 0. The zero-order valence-corrected chi connectivity index (χ0v) is 17.1. The maximum Gasteiger partial charge on any atom is 0.276 e. The monoisotopic (exact) mass is 446 g/mol. The maximum absolute atomic E-state index is 13.7. The molecule has 3 aromatic rings. The molecule has 1 aliphatic rings. The molecule has 1 aliphatic heterocycles. The van der Waals surface area contributed by atoms with Gasteiger partial charge in [-0.1, -0.05) is 17.7 Å². The van der Waals surface area contributed by atoms with Gasteiger partial charge < -0.3 is 10.1 Å². The molecule has 1 N–H and O–H groups in total. The summed E-state index contributed by atoms with van der Waals surface area (Å²) in [5, 5.41) is 2.87. The molecular weight excluding hydrogens is 430 g/mol. The van der Waals surface area contributed by atoms with Gasteiger partial charge >= 0.3 is 0 Å². The van der Waals surface area contributed by atoms with Crippen LogP contribution in [-0.4, -0.2) is 22.1 Å². The van der Waals surface area contributed by atoms with Crippen molar-refractivity contribution < 1.29 is 18.3 Å². The second-order valence-electron chi connectivity index (χ2n) is 6.95. The standard InChI is InChI=1S/C21H17ClF2N4O3/c1-12(29)28-11-25-17-5-2-13(6-18(17)28)8-27-10-26-20(19(22)21(27)30)31-9-14-3-4-15(23)7-16(14)24/h2-7,10,25H,8-9,11H2,1H3. The highest BCUT2D eigenvalue weighted by atomic mass is 35.5. The number of rotatable bonds is 5. The van der Waals surface area contributed by atoms with E-state index < -0.39 is 17.2 Å². The van der Waals surface area contributed by atoms with Crippen LogP contribution in [0.3, 0.4) is 0 Å². The Labute approximate surface area is 180 Å². The van der Waals surface area contributed by atoms with Gasteiger partial charge in [-0.15, -0.1) is 0 Å². The molecule has 31 heavy (non-hydrogen) atoms. The second-order valence-corrected chi connectivity index (χ2v) is 7.33. The first-order chi connectivity index (χ1) is 14.8. The molecule has 0 atom stereocenters. The molecule has 4 rings (SSSR count). The van der Waals surface area contributed by atoms with Crippen LogP contribution in [0.5, 0.6) is 5.88 Å². The molecule has 2 heterocycles. The van der Waals surface area contributed by atoms with Gasteiger partial charge in [-0.2, -0.15) is 0 Å². The predicted molar refractivity (Wildman–Crippen MR) is 111 cm³/mol. The first kappa shape index (κ1) is 20.8. The van der Waals surface area contributed by atoms with E-state index in [1.807, 2.05) is 18.2 Å². The lowest BCUT2D eigenvalue weighted by Crippen LogP contribution is -2.27. The fourth-order valence-electron chi connectivity index (χ4n) is 3.22. The Morgan fingerprint density at radius 1 is 1.26 bits per heavy atom. The number of benzene rings is 2. The van der Waals surface area contributed by atoms with E-state index in [4.69, 9.17) is 16.3 Å². The highest BCUT2D eigenvalue weighted by Crippen LogP contribution is 2.32. The Kier molecular flexibility index (Phi) is 5.60. The Bertz CT molecular complexity index is 1230. The fourth-order valence-corrected chi connectivity index (χ4v) is 3.43. The number of hydrogen-bond acceptors (Lipinski definition) is 5. The van der Waals surface area contributed by atoms with Crippen molar-refractivity contribution in [1.29, 1.82) is 0 Å². The number of halogens is 3. The summed E-state index contributed by atoms with van der Waals surface area (Å²) in [5.74, 6) is -1.71. The number of nitrogens with zero attached hydrogens (tertiary/aromatic N) is 3. The van der Waals surface area contributed by atoms with Crippen LogP contribution in [0.4, 0.5) is 20.2 Å². The Morgan fingerprint density at radius 2 is 2.06 bits per heavy atom. The minimum atomic E-state index is -0.768. The van der Waals surface area contributed by atoms with Crippen molar-refractivity contribution in [2.24, 2.45) is 0 Å². The highest BCUT2D eigenvalue weighted by Gasteiger charge is 2.22. The quantitative estimate of drug-likeness (QED) is 0.648. The largest absolute Gasteiger partial charge is 0.471 e. The molecule has 1 amide bonds. The summed E-state index contributed by atoms with van der Waals surface area (Å²) in [5.41, 5.74) is 1.91. The van der Waals surface area contributed by atoms with Gasteiger partial charge in [0.15, 0.2) is 5.02 Å². The first-order valence-electron chi connectivity index (χ1n) is 9.30. The molecule has 10 heteroatoms. The summed E-state index contributed by atoms with van der Waals surface area (Å²) in [6.45, 7) is 1.79. The first-order valence-corrected chi connectivity index (χ1v) is 9.68. The molecule has 0 aliphatic carbocycles. The van der Waals surface area contributed by atoms with Gasteiger partial charge in [0, 0.05) is 18.6 Å². The number of fused-ring (bicyclic) bond motifs is 1. The lowest BCUT2D eigenvalue weighted by atomic mass is 10.1. The van der Waals surface area contributed by atoms with Crippen molar-refractivity contribution >= 4 is 28.9 Å². The molecule has 0 unspecified atom stereocenters. The molecule has 0 bridgehead atoms. The van der Waals surface area contributed by atoms with Crippen molar-refractivity contribution in [3.05, 3.63) is 80.9 Å². The van der Waals surface area contributed by atoms with Crippen LogP contribution in [0.2, 0.25) is 5.02 Å². The number of nitrogens with one attached hydrogen (secondary N) is 1. The van der Waals surface area contributed by atoms with Crippen LogP contribution in [0.15, 0.2) is 47.5 Å². The minimum Gasteiger partial charge on any atom is -0.471 e. The molecule has 0 saturated heterocycles. The van der Waals surface area contributed by atoms with E-state index in [1.54, 1.807) is 4.90 Å². The van der Waals surface area contributed by atoms with Crippen molar-refractivity contribution in [3.63, 3.8) is 0 Å². The lowest BCUT2D eigenvalue weighted by molar-refractivity contribution is -0.116. The number of aromatic nitrogens is 2. The Hall–Kier alpha value is -3.46. The third-order valence-corrected chi connectivity index (χ3v) is 5.17. The van der Waals surface area contributed by atoms with Gasteiger partial charge in [-0.3, -0.25) is 19.1 Å². The predicted octanol–water partition coefficient (Wildman–Crippen LogP) is 3.54. The summed E-state index contributed by atoms with van der Waals surface area (Å²) in [6, 6.07) is 8.57. The van der Waals surface area contributed by atoms with Gasteiger partial charge in [0.1, 0.15) is 24.6 Å². The number of carbonyl (C=O) groups is 1. The smallest absolute Gasteiger partial charge is 0.276 e. The third kappa shape index (κ3) is 4.22. The van der Waals surface area contributed by atoms with Crippen molar-refractivity contribution in [1.82, 2.24) is 9.55 Å². The molecular formula is C21H17ClF2N4O3. The van der Waals surface area contributed by atoms with E-state index in [0.717, 1.165) is 29.1 Å². The van der Waals surface area contributed by atoms with Crippen LogP contribution in [-0.2, 0) is 17.9 Å². The Balaban J connectivity index is 1.52. The minimum absolute atomic E-state index is 0.0932. The summed E-state index contributed by atoms with van der Waals surface area (Å²) < 4.78 is 33.4. The van der Waals surface area contributed by atoms with Gasteiger partial charge in [-0.05, 0) is 29.8 Å². The van der Waals surface area contributed by atoms with E-state index in [0.29, 0.717) is 6.67 Å². The molecule has 160 valence electrons. The average molecular weight is 447 g/mol. The fraction of sp³-hybridized carbons (Fsp3) is 0.190. The van der Waals surface area contributed by atoms with E-state index >= 15 is 0 Å². The average Bonchev–Trinajstić information content (AvgIpc) is 3.15. The van der Waals surface area contributed by atoms with Crippen LogP contribution < -0.4 is 20.5 Å².